The van der Waals surface area contributed by atoms with Gasteiger partial charge in [-0.2, -0.15) is 0 Å². The summed E-state index contributed by atoms with van der Waals surface area (Å²) in [6.45, 7) is 6.68. The summed E-state index contributed by atoms with van der Waals surface area (Å²) < 4.78 is 0. The zero-order chi connectivity index (χ0) is 19.9. The number of para-hydroxylation sites is 1. The Morgan fingerprint density at radius 3 is 2.07 bits per heavy atom. The van der Waals surface area contributed by atoms with Crippen LogP contribution in [-0.2, 0) is 9.59 Å². The van der Waals surface area contributed by atoms with Gasteiger partial charge in [0.15, 0.2) is 0 Å². The van der Waals surface area contributed by atoms with Crippen molar-refractivity contribution in [2.24, 2.45) is 0 Å². The minimum atomic E-state index is -0.0514. The third kappa shape index (κ3) is 4.71. The second-order valence-electron chi connectivity index (χ2n) is 7.10. The zero-order valence-corrected chi connectivity index (χ0v) is 16.8. The van der Waals surface area contributed by atoms with Crippen LogP contribution < -0.4 is 14.7 Å². The monoisotopic (exact) mass is 379 g/mol. The lowest BCUT2D eigenvalue weighted by Gasteiger charge is -2.25. The Hall–Kier alpha value is -2.82. The third-order valence-electron chi connectivity index (χ3n) is 5.25. The molecule has 1 saturated heterocycles. The summed E-state index contributed by atoms with van der Waals surface area (Å²) in [7, 11) is 0. The maximum atomic E-state index is 12.7. The van der Waals surface area contributed by atoms with Gasteiger partial charge in [0.05, 0.1) is 0 Å². The summed E-state index contributed by atoms with van der Waals surface area (Å²) in [4.78, 5) is 30.7. The first-order chi connectivity index (χ1) is 13.6. The van der Waals surface area contributed by atoms with Crippen LogP contribution in [0.2, 0.25) is 0 Å². The summed E-state index contributed by atoms with van der Waals surface area (Å²) in [6, 6.07) is 17.8. The average molecular weight is 380 g/mol. The fraction of sp³-hybridized carbons (Fsp3) is 0.391. The number of anilines is 3. The summed E-state index contributed by atoms with van der Waals surface area (Å²) in [5, 5.41) is 0. The van der Waals surface area contributed by atoms with Crippen LogP contribution in [0.3, 0.4) is 0 Å². The fourth-order valence-corrected chi connectivity index (χ4v) is 3.74. The molecule has 0 radical (unpaired) electrons. The lowest BCUT2D eigenvalue weighted by Crippen LogP contribution is -2.36. The van der Waals surface area contributed by atoms with Crippen molar-refractivity contribution in [3.63, 3.8) is 0 Å². The van der Waals surface area contributed by atoms with E-state index in [1.807, 2.05) is 49.4 Å². The molecular weight excluding hydrogens is 350 g/mol. The van der Waals surface area contributed by atoms with Gasteiger partial charge in [-0.3, -0.25) is 9.59 Å². The van der Waals surface area contributed by atoms with Gasteiger partial charge in [0.2, 0.25) is 11.8 Å². The Labute approximate surface area is 167 Å². The fourth-order valence-electron chi connectivity index (χ4n) is 3.74. The SMILES string of the molecule is CCN(C(=O)CCN(C(C)=O)c1ccc(N2CCCC2)cc1)c1ccccc1. The molecule has 5 heteroatoms. The molecule has 0 unspecified atom stereocenters. The van der Waals surface area contributed by atoms with Crippen LogP contribution in [0.1, 0.15) is 33.1 Å². The Kier molecular flexibility index (Phi) is 6.69. The second kappa shape index (κ2) is 9.40. The van der Waals surface area contributed by atoms with E-state index in [4.69, 9.17) is 0 Å². The molecule has 2 amide bonds. The van der Waals surface area contributed by atoms with E-state index >= 15 is 0 Å². The highest BCUT2D eigenvalue weighted by Gasteiger charge is 2.18. The predicted octanol–water partition coefficient (Wildman–Crippen LogP) is 4.08. The molecular formula is C23H29N3O2. The zero-order valence-electron chi connectivity index (χ0n) is 16.8. The van der Waals surface area contributed by atoms with E-state index in [0.717, 1.165) is 24.5 Å². The van der Waals surface area contributed by atoms with Crippen LogP contribution in [0.25, 0.3) is 0 Å². The third-order valence-corrected chi connectivity index (χ3v) is 5.25. The second-order valence-corrected chi connectivity index (χ2v) is 7.10. The normalized spacial score (nSPS) is 13.4. The van der Waals surface area contributed by atoms with Gasteiger partial charge >= 0.3 is 0 Å². The number of nitrogens with zero attached hydrogens (tertiary/aromatic N) is 3. The first-order valence-corrected chi connectivity index (χ1v) is 10.1. The van der Waals surface area contributed by atoms with Crippen molar-refractivity contribution in [3.8, 4) is 0 Å². The standard InChI is InChI=1S/C23H29N3O2/c1-3-25(21-9-5-4-6-10-21)23(28)15-18-26(19(2)27)22-13-11-20(12-14-22)24-16-7-8-17-24/h4-6,9-14H,3,7-8,15-18H2,1-2H3. The molecule has 0 spiro atoms. The van der Waals surface area contributed by atoms with Crippen molar-refractivity contribution in [1.82, 2.24) is 0 Å². The van der Waals surface area contributed by atoms with Gasteiger partial charge in [-0.15, -0.1) is 0 Å². The molecule has 1 aliphatic rings. The molecule has 28 heavy (non-hydrogen) atoms. The number of carbonyl (C=O) groups excluding carboxylic acids is 2. The van der Waals surface area contributed by atoms with Gasteiger partial charge in [-0.25, -0.2) is 0 Å². The first kappa shape index (κ1) is 19.9. The number of rotatable bonds is 7. The van der Waals surface area contributed by atoms with E-state index in [1.54, 1.807) is 16.7 Å². The maximum Gasteiger partial charge on any atom is 0.228 e. The molecule has 0 aliphatic carbocycles. The molecule has 0 aromatic heterocycles. The molecule has 1 aliphatic heterocycles. The molecule has 0 N–H and O–H groups in total. The Balaban J connectivity index is 1.66. The van der Waals surface area contributed by atoms with Gasteiger partial charge in [0.25, 0.3) is 0 Å². The average Bonchev–Trinajstić information content (AvgIpc) is 3.25. The Morgan fingerprint density at radius 2 is 1.50 bits per heavy atom. The van der Waals surface area contributed by atoms with Crippen LogP contribution >= 0.6 is 0 Å². The largest absolute Gasteiger partial charge is 0.372 e. The van der Waals surface area contributed by atoms with E-state index in [2.05, 4.69) is 17.0 Å². The molecule has 2 aromatic carbocycles. The minimum absolute atomic E-state index is 0.0219. The summed E-state index contributed by atoms with van der Waals surface area (Å²) in [5.74, 6) is -0.0295. The number of amides is 2. The molecule has 1 heterocycles. The van der Waals surface area contributed by atoms with E-state index in [9.17, 15) is 9.59 Å². The lowest BCUT2D eigenvalue weighted by molar-refractivity contribution is -0.118. The van der Waals surface area contributed by atoms with E-state index in [1.165, 1.54) is 18.5 Å². The predicted molar refractivity (Wildman–Crippen MR) is 115 cm³/mol. The van der Waals surface area contributed by atoms with Gasteiger partial charge in [-0.1, -0.05) is 18.2 Å². The molecule has 5 nitrogen and oxygen atoms in total. The van der Waals surface area contributed by atoms with Crippen molar-refractivity contribution in [2.45, 2.75) is 33.1 Å². The molecule has 0 atom stereocenters. The number of hydrogen-bond acceptors (Lipinski definition) is 3. The van der Waals surface area contributed by atoms with Crippen LogP contribution in [0.15, 0.2) is 54.6 Å². The molecule has 0 saturated carbocycles. The van der Waals surface area contributed by atoms with Crippen molar-refractivity contribution in [3.05, 3.63) is 54.6 Å². The molecule has 1 fully saturated rings. The number of hydrogen-bond donors (Lipinski definition) is 0. The quantitative estimate of drug-likeness (QED) is 0.728. The van der Waals surface area contributed by atoms with Crippen molar-refractivity contribution < 1.29 is 9.59 Å². The topological polar surface area (TPSA) is 43.9 Å². The van der Waals surface area contributed by atoms with Crippen LogP contribution in [0.5, 0.6) is 0 Å². The Bertz CT molecular complexity index is 783. The number of carbonyl (C=O) groups is 2. The van der Waals surface area contributed by atoms with Crippen LogP contribution in [0, 0.1) is 0 Å². The van der Waals surface area contributed by atoms with Gasteiger partial charge in [-0.05, 0) is 56.2 Å². The van der Waals surface area contributed by atoms with Gasteiger partial charge in [0, 0.05) is 56.6 Å². The highest BCUT2D eigenvalue weighted by molar-refractivity contribution is 5.96. The highest BCUT2D eigenvalue weighted by atomic mass is 16.2. The van der Waals surface area contributed by atoms with E-state index in [0.29, 0.717) is 13.1 Å². The van der Waals surface area contributed by atoms with Crippen LogP contribution in [-0.4, -0.2) is 38.0 Å². The molecule has 2 aromatic rings. The van der Waals surface area contributed by atoms with E-state index < -0.39 is 0 Å². The maximum absolute atomic E-state index is 12.7. The van der Waals surface area contributed by atoms with Gasteiger partial charge in [0.1, 0.15) is 0 Å². The van der Waals surface area contributed by atoms with Crippen molar-refractivity contribution >= 4 is 28.9 Å². The van der Waals surface area contributed by atoms with Crippen LogP contribution in [0.4, 0.5) is 17.1 Å². The molecule has 148 valence electrons. The summed E-state index contributed by atoms with van der Waals surface area (Å²) in [6.07, 6.45) is 2.76. The van der Waals surface area contributed by atoms with Gasteiger partial charge < -0.3 is 14.7 Å². The first-order valence-electron chi connectivity index (χ1n) is 10.1. The lowest BCUT2D eigenvalue weighted by atomic mass is 10.2. The Morgan fingerprint density at radius 1 is 0.893 bits per heavy atom. The summed E-state index contributed by atoms with van der Waals surface area (Å²) in [5.41, 5.74) is 2.92. The minimum Gasteiger partial charge on any atom is -0.372 e. The summed E-state index contributed by atoms with van der Waals surface area (Å²) >= 11 is 0. The number of benzene rings is 2. The molecule has 3 rings (SSSR count). The molecule has 0 bridgehead atoms. The van der Waals surface area contributed by atoms with Crippen molar-refractivity contribution in [1.29, 1.82) is 0 Å². The van der Waals surface area contributed by atoms with E-state index in [-0.39, 0.29) is 18.2 Å². The van der Waals surface area contributed by atoms with Crippen molar-refractivity contribution in [2.75, 3.05) is 40.9 Å². The smallest absolute Gasteiger partial charge is 0.228 e. The highest BCUT2D eigenvalue weighted by Crippen LogP contribution is 2.24.